The fourth-order valence-electron chi connectivity index (χ4n) is 1.41. The van der Waals surface area contributed by atoms with Crippen LogP contribution < -0.4 is 11.1 Å². The van der Waals surface area contributed by atoms with Crippen LogP contribution in [0.15, 0.2) is 18.3 Å². The number of anilines is 1. The summed E-state index contributed by atoms with van der Waals surface area (Å²) in [6.07, 6.45) is 5.06. The van der Waals surface area contributed by atoms with Crippen molar-refractivity contribution in [1.82, 2.24) is 4.98 Å². The van der Waals surface area contributed by atoms with E-state index in [4.69, 9.17) is 22.7 Å². The number of methoxy groups -OCH3 is 1. The number of nitrogens with zero attached hydrogens (tertiary/aromatic N) is 1. The van der Waals surface area contributed by atoms with Crippen LogP contribution in [0.1, 0.15) is 24.8 Å². The van der Waals surface area contributed by atoms with Crippen LogP contribution >= 0.6 is 12.2 Å². The van der Waals surface area contributed by atoms with Crippen LogP contribution in [-0.4, -0.2) is 30.2 Å². The van der Waals surface area contributed by atoms with Crippen molar-refractivity contribution in [3.63, 3.8) is 0 Å². The van der Waals surface area contributed by atoms with Gasteiger partial charge in [-0.25, -0.2) is 4.98 Å². The molecule has 0 saturated carbocycles. The molecule has 0 aliphatic heterocycles. The SMILES string of the molecule is COCCCCCNc1ccc(C(N)=S)cn1. The first-order valence-corrected chi connectivity index (χ1v) is 6.13. The van der Waals surface area contributed by atoms with Crippen LogP contribution in [0.5, 0.6) is 0 Å². The van der Waals surface area contributed by atoms with Gasteiger partial charge in [-0.15, -0.1) is 0 Å². The van der Waals surface area contributed by atoms with Crippen LogP contribution in [0.25, 0.3) is 0 Å². The second-order valence-electron chi connectivity index (χ2n) is 3.78. The van der Waals surface area contributed by atoms with E-state index in [1.807, 2.05) is 12.1 Å². The van der Waals surface area contributed by atoms with Crippen molar-refractivity contribution in [1.29, 1.82) is 0 Å². The quantitative estimate of drug-likeness (QED) is 0.548. The molecule has 5 heteroatoms. The maximum absolute atomic E-state index is 5.49. The molecule has 94 valence electrons. The van der Waals surface area contributed by atoms with Crippen molar-refractivity contribution in [2.45, 2.75) is 19.3 Å². The molecule has 0 aliphatic carbocycles. The normalized spacial score (nSPS) is 10.2. The number of ether oxygens (including phenoxy) is 1. The molecule has 4 nitrogen and oxygen atoms in total. The van der Waals surface area contributed by atoms with E-state index in [0.717, 1.165) is 43.8 Å². The minimum atomic E-state index is 0.378. The van der Waals surface area contributed by atoms with E-state index in [-0.39, 0.29) is 0 Å². The summed E-state index contributed by atoms with van der Waals surface area (Å²) < 4.78 is 4.99. The highest BCUT2D eigenvalue weighted by Gasteiger charge is 1.97. The Morgan fingerprint density at radius 1 is 1.41 bits per heavy atom. The minimum Gasteiger partial charge on any atom is -0.389 e. The van der Waals surface area contributed by atoms with Gasteiger partial charge in [0.25, 0.3) is 0 Å². The number of rotatable bonds is 8. The third-order valence-electron chi connectivity index (χ3n) is 2.38. The number of unbranched alkanes of at least 4 members (excludes halogenated alkanes) is 2. The molecule has 17 heavy (non-hydrogen) atoms. The van der Waals surface area contributed by atoms with E-state index in [1.54, 1.807) is 13.3 Å². The van der Waals surface area contributed by atoms with Gasteiger partial charge in [0.15, 0.2) is 0 Å². The van der Waals surface area contributed by atoms with Crippen LogP contribution in [0.2, 0.25) is 0 Å². The van der Waals surface area contributed by atoms with Crippen molar-refractivity contribution in [3.05, 3.63) is 23.9 Å². The van der Waals surface area contributed by atoms with Gasteiger partial charge in [-0.05, 0) is 31.4 Å². The molecule has 0 aromatic carbocycles. The lowest BCUT2D eigenvalue weighted by Crippen LogP contribution is -2.10. The molecule has 1 heterocycles. The number of thiocarbonyl (C=S) groups is 1. The molecule has 0 saturated heterocycles. The highest BCUT2D eigenvalue weighted by atomic mass is 32.1. The summed E-state index contributed by atoms with van der Waals surface area (Å²) in [6.45, 7) is 1.75. The Hall–Kier alpha value is -1.20. The predicted octanol–water partition coefficient (Wildman–Crippen LogP) is 1.94. The summed E-state index contributed by atoms with van der Waals surface area (Å²) in [5.74, 6) is 0.858. The minimum absolute atomic E-state index is 0.378. The Labute approximate surface area is 108 Å². The average molecular weight is 253 g/mol. The molecule has 1 aromatic rings. The summed E-state index contributed by atoms with van der Waals surface area (Å²) in [6, 6.07) is 3.77. The molecule has 1 rings (SSSR count). The van der Waals surface area contributed by atoms with Gasteiger partial charge in [0, 0.05) is 32.0 Å². The molecule has 1 aromatic heterocycles. The van der Waals surface area contributed by atoms with Gasteiger partial charge in [0.05, 0.1) is 0 Å². The van der Waals surface area contributed by atoms with Crippen molar-refractivity contribution in [3.8, 4) is 0 Å². The molecule has 0 radical (unpaired) electrons. The first kappa shape index (κ1) is 13.9. The van der Waals surface area contributed by atoms with E-state index in [2.05, 4.69) is 10.3 Å². The summed E-state index contributed by atoms with van der Waals surface area (Å²) >= 11 is 4.86. The third-order valence-corrected chi connectivity index (χ3v) is 2.62. The lowest BCUT2D eigenvalue weighted by atomic mass is 10.2. The number of nitrogens with two attached hydrogens (primary N) is 1. The fraction of sp³-hybridized carbons (Fsp3) is 0.500. The van der Waals surface area contributed by atoms with E-state index < -0.39 is 0 Å². The van der Waals surface area contributed by atoms with Crippen LogP contribution in [0.4, 0.5) is 5.82 Å². The van der Waals surface area contributed by atoms with Gasteiger partial charge < -0.3 is 15.8 Å². The Balaban J connectivity index is 2.21. The molecule has 0 bridgehead atoms. The molecule has 3 N–H and O–H groups in total. The van der Waals surface area contributed by atoms with Gasteiger partial charge in [0.1, 0.15) is 10.8 Å². The summed E-state index contributed by atoms with van der Waals surface area (Å²) in [4.78, 5) is 4.61. The Bertz CT molecular complexity index is 340. The van der Waals surface area contributed by atoms with Crippen LogP contribution in [-0.2, 0) is 4.74 Å². The van der Waals surface area contributed by atoms with Crippen molar-refractivity contribution < 1.29 is 4.74 Å². The second kappa shape index (κ2) is 7.97. The average Bonchev–Trinajstić information content (AvgIpc) is 2.34. The number of hydrogen-bond donors (Lipinski definition) is 2. The van der Waals surface area contributed by atoms with E-state index in [1.165, 1.54) is 0 Å². The molecule has 0 atom stereocenters. The molecule has 0 amide bonds. The van der Waals surface area contributed by atoms with Gasteiger partial charge >= 0.3 is 0 Å². The molecule has 0 unspecified atom stereocenters. The van der Waals surface area contributed by atoms with Crippen molar-refractivity contribution in [2.24, 2.45) is 5.73 Å². The largest absolute Gasteiger partial charge is 0.389 e. The Morgan fingerprint density at radius 2 is 2.24 bits per heavy atom. The number of nitrogens with one attached hydrogen (secondary N) is 1. The Kier molecular flexibility index (Phi) is 6.50. The summed E-state index contributed by atoms with van der Waals surface area (Å²) in [5, 5.41) is 3.25. The zero-order chi connectivity index (χ0) is 12.5. The monoisotopic (exact) mass is 253 g/mol. The fourth-order valence-corrected chi connectivity index (χ4v) is 1.53. The maximum atomic E-state index is 5.49. The van der Waals surface area contributed by atoms with Gasteiger partial charge in [-0.1, -0.05) is 12.2 Å². The van der Waals surface area contributed by atoms with Gasteiger partial charge in [-0.3, -0.25) is 0 Å². The topological polar surface area (TPSA) is 60.2 Å². The Morgan fingerprint density at radius 3 is 2.82 bits per heavy atom. The summed E-state index contributed by atoms with van der Waals surface area (Å²) in [7, 11) is 1.73. The lowest BCUT2D eigenvalue weighted by molar-refractivity contribution is 0.192. The lowest BCUT2D eigenvalue weighted by Gasteiger charge is -2.06. The highest BCUT2D eigenvalue weighted by Crippen LogP contribution is 2.05. The van der Waals surface area contributed by atoms with E-state index in [9.17, 15) is 0 Å². The number of pyridine rings is 1. The van der Waals surface area contributed by atoms with E-state index in [0.29, 0.717) is 4.99 Å². The number of hydrogen-bond acceptors (Lipinski definition) is 4. The molecule has 0 fully saturated rings. The van der Waals surface area contributed by atoms with Crippen LogP contribution in [0, 0.1) is 0 Å². The van der Waals surface area contributed by atoms with Crippen LogP contribution in [0.3, 0.4) is 0 Å². The standard InChI is InChI=1S/C12H19N3OS/c1-16-8-4-2-3-7-14-11-6-5-10(9-15-11)12(13)17/h5-6,9H,2-4,7-8H2,1H3,(H2,13,17)(H,14,15). The molecular weight excluding hydrogens is 234 g/mol. The van der Waals surface area contributed by atoms with E-state index >= 15 is 0 Å². The van der Waals surface area contributed by atoms with Crippen molar-refractivity contribution >= 4 is 23.0 Å². The first-order valence-electron chi connectivity index (χ1n) is 5.72. The predicted molar refractivity (Wildman–Crippen MR) is 74.3 cm³/mol. The third kappa shape index (κ3) is 5.60. The molecule has 0 aliphatic rings. The maximum Gasteiger partial charge on any atom is 0.125 e. The van der Waals surface area contributed by atoms with Gasteiger partial charge in [0.2, 0.25) is 0 Å². The number of aromatic nitrogens is 1. The summed E-state index contributed by atoms with van der Waals surface area (Å²) in [5.41, 5.74) is 6.29. The first-order chi connectivity index (χ1) is 8.24. The van der Waals surface area contributed by atoms with Crippen molar-refractivity contribution in [2.75, 3.05) is 25.6 Å². The molecular formula is C12H19N3OS. The molecule has 0 spiro atoms. The second-order valence-corrected chi connectivity index (χ2v) is 4.22. The smallest absolute Gasteiger partial charge is 0.125 e. The zero-order valence-corrected chi connectivity index (χ0v) is 10.9. The van der Waals surface area contributed by atoms with Gasteiger partial charge in [-0.2, -0.15) is 0 Å². The zero-order valence-electron chi connectivity index (χ0n) is 10.1. The highest BCUT2D eigenvalue weighted by molar-refractivity contribution is 7.80.